The van der Waals surface area contributed by atoms with Crippen molar-refractivity contribution in [2.45, 2.75) is 24.9 Å². The molecule has 0 heterocycles. The Hall–Kier alpha value is -1.07. The van der Waals surface area contributed by atoms with Crippen molar-refractivity contribution in [3.05, 3.63) is 34.3 Å². The molecule has 1 rings (SSSR count). The summed E-state index contributed by atoms with van der Waals surface area (Å²) in [6.45, 7) is 2.99. The van der Waals surface area contributed by atoms with Crippen molar-refractivity contribution >= 4 is 27.4 Å². The number of rotatable bonds is 4. The van der Waals surface area contributed by atoms with Crippen molar-refractivity contribution < 1.29 is 18.3 Å². The molecule has 0 saturated heterocycles. The molecule has 0 aliphatic carbocycles. The molecule has 0 fully saturated rings. The summed E-state index contributed by atoms with van der Waals surface area (Å²) in [7, 11) is -3.73. The van der Waals surface area contributed by atoms with E-state index in [1.807, 2.05) is 6.92 Å². The molecule has 0 bridgehead atoms. The third kappa shape index (κ3) is 3.44. The van der Waals surface area contributed by atoms with Crippen LogP contribution in [-0.4, -0.2) is 24.7 Å². The molecule has 0 saturated carbocycles. The minimum Gasteiger partial charge on any atom is -0.480 e. The van der Waals surface area contributed by atoms with Gasteiger partial charge in [0.15, 0.2) is 15.1 Å². The molecule has 1 aromatic carbocycles. The standard InChI is InChI=1S/C11H13ClO4S/c1-7-3-4-9(10(12)5-7)6-17(15,16)8(2)11(13)14/h3-5,8H,6H2,1-2H3,(H,13,14). The van der Waals surface area contributed by atoms with Gasteiger partial charge in [-0.3, -0.25) is 4.79 Å². The average Bonchev–Trinajstić information content (AvgIpc) is 2.21. The second-order valence-electron chi connectivity index (χ2n) is 3.88. The molecule has 0 amide bonds. The van der Waals surface area contributed by atoms with Gasteiger partial charge in [-0.2, -0.15) is 0 Å². The Morgan fingerprint density at radius 1 is 1.47 bits per heavy atom. The number of aliphatic carboxylic acids is 1. The summed E-state index contributed by atoms with van der Waals surface area (Å²) in [6, 6.07) is 4.99. The van der Waals surface area contributed by atoms with Gasteiger partial charge in [-0.25, -0.2) is 8.42 Å². The maximum absolute atomic E-state index is 11.7. The van der Waals surface area contributed by atoms with E-state index in [-0.39, 0.29) is 5.75 Å². The summed E-state index contributed by atoms with van der Waals surface area (Å²) in [6.07, 6.45) is 0. The highest BCUT2D eigenvalue weighted by Crippen LogP contribution is 2.21. The summed E-state index contributed by atoms with van der Waals surface area (Å²) in [5.41, 5.74) is 1.34. The van der Waals surface area contributed by atoms with Crippen molar-refractivity contribution in [1.82, 2.24) is 0 Å². The van der Waals surface area contributed by atoms with Crippen LogP contribution in [0.25, 0.3) is 0 Å². The van der Waals surface area contributed by atoms with Crippen molar-refractivity contribution in [1.29, 1.82) is 0 Å². The number of hydrogen-bond acceptors (Lipinski definition) is 3. The van der Waals surface area contributed by atoms with Crippen LogP contribution >= 0.6 is 11.6 Å². The van der Waals surface area contributed by atoms with Gasteiger partial charge in [0.05, 0.1) is 5.75 Å². The van der Waals surface area contributed by atoms with E-state index in [4.69, 9.17) is 16.7 Å². The summed E-state index contributed by atoms with van der Waals surface area (Å²) in [5.74, 6) is -1.72. The number of carbonyl (C=O) groups is 1. The van der Waals surface area contributed by atoms with E-state index < -0.39 is 21.1 Å². The molecule has 0 spiro atoms. The third-order valence-electron chi connectivity index (χ3n) is 2.45. The highest BCUT2D eigenvalue weighted by Gasteiger charge is 2.28. The Kier molecular flexibility index (Phi) is 4.16. The van der Waals surface area contributed by atoms with Gasteiger partial charge >= 0.3 is 5.97 Å². The number of aryl methyl sites for hydroxylation is 1. The molecule has 0 aliphatic heterocycles. The van der Waals surface area contributed by atoms with E-state index in [0.717, 1.165) is 12.5 Å². The maximum atomic E-state index is 11.7. The number of halogens is 1. The van der Waals surface area contributed by atoms with Crippen LogP contribution in [0, 0.1) is 6.92 Å². The third-order valence-corrected chi connectivity index (χ3v) is 4.80. The molecule has 0 aliphatic rings. The van der Waals surface area contributed by atoms with Gasteiger partial charge in [0, 0.05) is 5.02 Å². The Labute approximate surface area is 105 Å². The maximum Gasteiger partial charge on any atom is 0.321 e. The molecule has 1 atom stereocenters. The number of carboxylic acid groups (broad SMARTS) is 1. The van der Waals surface area contributed by atoms with Crippen LogP contribution in [0.2, 0.25) is 5.02 Å². The number of carboxylic acids is 1. The van der Waals surface area contributed by atoms with Gasteiger partial charge < -0.3 is 5.11 Å². The molecule has 1 unspecified atom stereocenters. The minimum atomic E-state index is -3.73. The lowest BCUT2D eigenvalue weighted by atomic mass is 10.2. The SMILES string of the molecule is Cc1ccc(CS(=O)(=O)C(C)C(=O)O)c(Cl)c1. The van der Waals surface area contributed by atoms with Crippen LogP contribution in [0.5, 0.6) is 0 Å². The van der Waals surface area contributed by atoms with Gasteiger partial charge in [0.25, 0.3) is 0 Å². The second-order valence-corrected chi connectivity index (χ2v) is 6.61. The van der Waals surface area contributed by atoms with Crippen LogP contribution < -0.4 is 0 Å². The zero-order chi connectivity index (χ0) is 13.2. The number of hydrogen-bond donors (Lipinski definition) is 1. The molecule has 1 N–H and O–H groups in total. The monoisotopic (exact) mass is 276 g/mol. The minimum absolute atomic E-state index is 0.339. The molecule has 17 heavy (non-hydrogen) atoms. The van der Waals surface area contributed by atoms with Crippen LogP contribution in [0.15, 0.2) is 18.2 Å². The zero-order valence-electron chi connectivity index (χ0n) is 9.47. The lowest BCUT2D eigenvalue weighted by molar-refractivity contribution is -0.136. The van der Waals surface area contributed by atoms with Gasteiger partial charge in [0.2, 0.25) is 0 Å². The largest absolute Gasteiger partial charge is 0.480 e. The van der Waals surface area contributed by atoms with Crippen molar-refractivity contribution in [3.8, 4) is 0 Å². The van der Waals surface area contributed by atoms with Crippen molar-refractivity contribution in [2.24, 2.45) is 0 Å². The van der Waals surface area contributed by atoms with Crippen LogP contribution in [0.3, 0.4) is 0 Å². The van der Waals surface area contributed by atoms with Gasteiger partial charge in [-0.05, 0) is 31.0 Å². The van der Waals surface area contributed by atoms with Gasteiger partial charge in [-0.1, -0.05) is 23.7 Å². The van der Waals surface area contributed by atoms with Crippen molar-refractivity contribution in [3.63, 3.8) is 0 Å². The van der Waals surface area contributed by atoms with Crippen LogP contribution in [0.1, 0.15) is 18.1 Å². The molecule has 0 aromatic heterocycles. The van der Waals surface area contributed by atoms with E-state index in [2.05, 4.69) is 0 Å². The molecule has 6 heteroatoms. The Bertz CT molecular complexity index is 536. The molecular weight excluding hydrogens is 264 g/mol. The van der Waals surface area contributed by atoms with Gasteiger partial charge in [-0.15, -0.1) is 0 Å². The quantitative estimate of drug-likeness (QED) is 0.913. The van der Waals surface area contributed by atoms with Crippen LogP contribution in [-0.2, 0) is 20.4 Å². The lowest BCUT2D eigenvalue weighted by Crippen LogP contribution is -2.28. The molecular formula is C11H13ClO4S. The summed E-state index contributed by atoms with van der Waals surface area (Å²) in [4.78, 5) is 10.7. The van der Waals surface area contributed by atoms with Crippen LogP contribution in [0.4, 0.5) is 0 Å². The highest BCUT2D eigenvalue weighted by molar-refractivity contribution is 7.92. The zero-order valence-corrected chi connectivity index (χ0v) is 11.0. The average molecular weight is 277 g/mol. The number of benzene rings is 1. The fraction of sp³-hybridized carbons (Fsp3) is 0.364. The van der Waals surface area contributed by atoms with E-state index in [0.29, 0.717) is 10.6 Å². The normalized spacial score (nSPS) is 13.4. The van der Waals surface area contributed by atoms with Gasteiger partial charge in [0.1, 0.15) is 0 Å². The summed E-state index contributed by atoms with van der Waals surface area (Å²) in [5, 5.41) is 7.61. The first-order valence-electron chi connectivity index (χ1n) is 4.93. The topological polar surface area (TPSA) is 71.4 Å². The van der Waals surface area contributed by atoms with E-state index in [9.17, 15) is 13.2 Å². The highest BCUT2D eigenvalue weighted by atomic mass is 35.5. The Morgan fingerprint density at radius 2 is 2.06 bits per heavy atom. The first-order chi connectivity index (χ1) is 7.74. The predicted octanol–water partition coefficient (Wildman–Crippen LogP) is 2.04. The Balaban J connectivity index is 3.02. The molecule has 1 aromatic rings. The molecule has 0 radical (unpaired) electrons. The fourth-order valence-electron chi connectivity index (χ4n) is 1.26. The smallest absolute Gasteiger partial charge is 0.321 e. The predicted molar refractivity (Wildman–Crippen MR) is 65.9 cm³/mol. The first-order valence-corrected chi connectivity index (χ1v) is 7.03. The molecule has 94 valence electrons. The summed E-state index contributed by atoms with van der Waals surface area (Å²) >= 11 is 5.91. The first kappa shape index (κ1) is 14.0. The summed E-state index contributed by atoms with van der Waals surface area (Å²) < 4.78 is 23.5. The molecule has 4 nitrogen and oxygen atoms in total. The lowest BCUT2D eigenvalue weighted by Gasteiger charge is -2.10. The van der Waals surface area contributed by atoms with E-state index in [1.165, 1.54) is 0 Å². The van der Waals surface area contributed by atoms with E-state index in [1.54, 1.807) is 18.2 Å². The number of sulfone groups is 1. The fourth-order valence-corrected chi connectivity index (χ4v) is 2.89. The van der Waals surface area contributed by atoms with Crippen molar-refractivity contribution in [2.75, 3.05) is 0 Å². The van der Waals surface area contributed by atoms with E-state index >= 15 is 0 Å². The Morgan fingerprint density at radius 3 is 2.53 bits per heavy atom. The second kappa shape index (κ2) is 5.06.